The summed E-state index contributed by atoms with van der Waals surface area (Å²) in [6.45, 7) is 3.41. The highest BCUT2D eigenvalue weighted by atomic mass is 19.3. The average Bonchev–Trinajstić information content (AvgIpc) is 2.23. The van der Waals surface area contributed by atoms with Gasteiger partial charge in [-0.25, -0.2) is 4.79 Å². The number of nitrogens with zero attached hydrogens (tertiary/aromatic N) is 1. The first-order valence-electron chi connectivity index (χ1n) is 4.51. The number of hydrogen-bond donors (Lipinski definition) is 0. The van der Waals surface area contributed by atoms with Crippen LogP contribution in [0.1, 0.15) is 20.8 Å². The molecular formula is C9H13F2NO3. The van der Waals surface area contributed by atoms with Crippen LogP contribution >= 0.6 is 0 Å². The van der Waals surface area contributed by atoms with Gasteiger partial charge in [-0.15, -0.1) is 0 Å². The fourth-order valence-corrected chi connectivity index (χ4v) is 1.13. The van der Waals surface area contributed by atoms with E-state index in [0.29, 0.717) is 4.90 Å². The Kier molecular flexibility index (Phi) is 2.71. The van der Waals surface area contributed by atoms with Gasteiger partial charge in [0, 0.05) is 0 Å². The Morgan fingerprint density at radius 3 is 2.33 bits per heavy atom. The van der Waals surface area contributed by atoms with Gasteiger partial charge in [-0.2, -0.15) is 8.78 Å². The molecule has 15 heavy (non-hydrogen) atoms. The number of ether oxygens (including phenoxy) is 1. The SMILES string of the molecule is CC(C)(C)OC(=O)N1CC(=O)C(F)(F)C1. The van der Waals surface area contributed by atoms with Crippen LogP contribution in [0.15, 0.2) is 0 Å². The van der Waals surface area contributed by atoms with E-state index in [1.54, 1.807) is 20.8 Å². The minimum absolute atomic E-state index is 0.581. The molecule has 0 aromatic carbocycles. The van der Waals surface area contributed by atoms with Crippen LogP contribution in [0.4, 0.5) is 13.6 Å². The summed E-state index contributed by atoms with van der Waals surface area (Å²) in [6.07, 6.45) is -0.881. The van der Waals surface area contributed by atoms with E-state index in [1.807, 2.05) is 0 Å². The van der Waals surface area contributed by atoms with Gasteiger partial charge in [0.05, 0.1) is 13.1 Å². The van der Waals surface area contributed by atoms with Gasteiger partial charge in [-0.3, -0.25) is 9.69 Å². The molecule has 1 aliphatic rings. The number of ketones is 1. The van der Waals surface area contributed by atoms with Crippen molar-refractivity contribution in [1.29, 1.82) is 0 Å². The zero-order chi connectivity index (χ0) is 11.9. The molecule has 6 heteroatoms. The van der Waals surface area contributed by atoms with Crippen molar-refractivity contribution in [3.63, 3.8) is 0 Å². The monoisotopic (exact) mass is 221 g/mol. The second kappa shape index (κ2) is 3.43. The maximum atomic E-state index is 12.8. The van der Waals surface area contributed by atoms with Crippen LogP contribution in [0.25, 0.3) is 0 Å². The predicted octanol–water partition coefficient (Wildman–Crippen LogP) is 1.44. The summed E-state index contributed by atoms with van der Waals surface area (Å²) in [5, 5.41) is 0. The van der Waals surface area contributed by atoms with E-state index in [1.165, 1.54) is 0 Å². The summed E-state index contributed by atoms with van der Waals surface area (Å²) in [4.78, 5) is 22.8. The number of Topliss-reactive ketones (excluding diaryl/α,β-unsaturated/α-hetero) is 1. The standard InChI is InChI=1S/C9H13F2NO3/c1-8(2,3)15-7(14)12-4-6(13)9(10,11)5-12/h4-5H2,1-3H3. The smallest absolute Gasteiger partial charge is 0.410 e. The molecule has 1 aliphatic heterocycles. The first kappa shape index (κ1) is 11.9. The van der Waals surface area contributed by atoms with Gasteiger partial charge in [0.1, 0.15) is 5.60 Å². The number of alkyl halides is 2. The number of carbonyl (C=O) groups is 2. The first-order valence-corrected chi connectivity index (χ1v) is 4.51. The van der Waals surface area contributed by atoms with Crippen molar-refractivity contribution in [2.24, 2.45) is 0 Å². The van der Waals surface area contributed by atoms with Crippen molar-refractivity contribution >= 4 is 11.9 Å². The zero-order valence-corrected chi connectivity index (χ0v) is 8.84. The quantitative estimate of drug-likeness (QED) is 0.621. The van der Waals surface area contributed by atoms with Gasteiger partial charge < -0.3 is 4.74 Å². The third-order valence-corrected chi connectivity index (χ3v) is 1.78. The van der Waals surface area contributed by atoms with Crippen molar-refractivity contribution < 1.29 is 23.1 Å². The van der Waals surface area contributed by atoms with E-state index in [9.17, 15) is 18.4 Å². The lowest BCUT2D eigenvalue weighted by Gasteiger charge is -2.23. The highest BCUT2D eigenvalue weighted by Gasteiger charge is 2.49. The van der Waals surface area contributed by atoms with Gasteiger partial charge in [-0.05, 0) is 20.8 Å². The molecular weight excluding hydrogens is 208 g/mol. The maximum Gasteiger partial charge on any atom is 0.410 e. The molecule has 0 aliphatic carbocycles. The largest absolute Gasteiger partial charge is 0.444 e. The van der Waals surface area contributed by atoms with Crippen LogP contribution in [0.2, 0.25) is 0 Å². The van der Waals surface area contributed by atoms with Crippen molar-refractivity contribution in [1.82, 2.24) is 4.90 Å². The second-order valence-corrected chi connectivity index (χ2v) is 4.46. The van der Waals surface area contributed by atoms with E-state index >= 15 is 0 Å². The van der Waals surface area contributed by atoms with Gasteiger partial charge in [0.2, 0.25) is 5.78 Å². The molecule has 0 N–H and O–H groups in total. The molecule has 1 amide bonds. The molecule has 86 valence electrons. The summed E-state index contributed by atoms with van der Waals surface area (Å²) >= 11 is 0. The van der Waals surface area contributed by atoms with Crippen molar-refractivity contribution in [2.75, 3.05) is 13.1 Å². The van der Waals surface area contributed by atoms with Gasteiger partial charge in [0.15, 0.2) is 0 Å². The fourth-order valence-electron chi connectivity index (χ4n) is 1.13. The van der Waals surface area contributed by atoms with Crippen LogP contribution in [-0.4, -0.2) is 41.4 Å². The lowest BCUT2D eigenvalue weighted by molar-refractivity contribution is -0.135. The van der Waals surface area contributed by atoms with E-state index in [0.717, 1.165) is 0 Å². The Hall–Kier alpha value is -1.20. The maximum absolute atomic E-state index is 12.8. The van der Waals surface area contributed by atoms with Gasteiger partial charge >= 0.3 is 12.0 Å². The van der Waals surface area contributed by atoms with Crippen LogP contribution < -0.4 is 0 Å². The highest BCUT2D eigenvalue weighted by molar-refractivity contribution is 5.93. The summed E-state index contributed by atoms with van der Waals surface area (Å²) in [5.74, 6) is -4.68. The van der Waals surface area contributed by atoms with Gasteiger partial charge in [0.25, 0.3) is 0 Å². The molecule has 0 bridgehead atoms. The van der Waals surface area contributed by atoms with E-state index in [4.69, 9.17) is 4.74 Å². The average molecular weight is 221 g/mol. The van der Waals surface area contributed by atoms with E-state index < -0.39 is 36.5 Å². The molecule has 4 nitrogen and oxygen atoms in total. The summed E-state index contributed by atoms with van der Waals surface area (Å²) < 4.78 is 30.4. The fraction of sp³-hybridized carbons (Fsp3) is 0.778. The topological polar surface area (TPSA) is 46.6 Å². The third-order valence-electron chi connectivity index (χ3n) is 1.78. The first-order chi connectivity index (χ1) is 6.62. The lowest BCUT2D eigenvalue weighted by Crippen LogP contribution is -2.36. The Morgan fingerprint density at radius 2 is 2.00 bits per heavy atom. The van der Waals surface area contributed by atoms with Crippen molar-refractivity contribution in [3.05, 3.63) is 0 Å². The van der Waals surface area contributed by atoms with Crippen LogP contribution in [0, 0.1) is 0 Å². The molecule has 0 atom stereocenters. The van der Waals surface area contributed by atoms with Crippen LogP contribution in [-0.2, 0) is 9.53 Å². The molecule has 0 aromatic rings. The van der Waals surface area contributed by atoms with Gasteiger partial charge in [-0.1, -0.05) is 0 Å². The second-order valence-electron chi connectivity index (χ2n) is 4.46. The molecule has 0 unspecified atom stereocenters. The number of halogens is 2. The van der Waals surface area contributed by atoms with Crippen molar-refractivity contribution in [2.45, 2.75) is 32.3 Å². The minimum Gasteiger partial charge on any atom is -0.444 e. The highest BCUT2D eigenvalue weighted by Crippen LogP contribution is 2.25. The number of carbonyl (C=O) groups excluding carboxylic acids is 2. The summed E-state index contributed by atoms with van der Waals surface area (Å²) in [6, 6.07) is 0. The summed E-state index contributed by atoms with van der Waals surface area (Å²) in [7, 11) is 0. The molecule has 1 rings (SSSR count). The third kappa shape index (κ3) is 2.87. The zero-order valence-electron chi connectivity index (χ0n) is 8.84. The Balaban J connectivity index is 2.62. The molecule has 0 spiro atoms. The molecule has 0 aromatic heterocycles. The van der Waals surface area contributed by atoms with E-state index in [-0.39, 0.29) is 0 Å². The Morgan fingerprint density at radius 1 is 1.47 bits per heavy atom. The molecule has 1 fully saturated rings. The number of likely N-dealkylation sites (tertiary alicyclic amines) is 1. The minimum atomic E-state index is -3.43. The molecule has 1 saturated heterocycles. The summed E-state index contributed by atoms with van der Waals surface area (Å²) in [5.41, 5.74) is -0.752. The normalized spacial score (nSPS) is 20.6. The molecule has 1 heterocycles. The molecule has 0 saturated carbocycles. The number of hydrogen-bond acceptors (Lipinski definition) is 3. The predicted molar refractivity (Wildman–Crippen MR) is 47.8 cm³/mol. The lowest BCUT2D eigenvalue weighted by atomic mass is 10.2. The molecule has 0 radical (unpaired) electrons. The number of amides is 1. The van der Waals surface area contributed by atoms with E-state index in [2.05, 4.69) is 0 Å². The number of rotatable bonds is 0. The van der Waals surface area contributed by atoms with Crippen LogP contribution in [0.5, 0.6) is 0 Å². The Labute approximate surface area is 86.2 Å². The van der Waals surface area contributed by atoms with Crippen LogP contribution in [0.3, 0.4) is 0 Å². The Bertz CT molecular complexity index is 296. The van der Waals surface area contributed by atoms with Crippen molar-refractivity contribution in [3.8, 4) is 0 Å².